The van der Waals surface area contributed by atoms with Crippen LogP contribution < -0.4 is 5.32 Å². The van der Waals surface area contributed by atoms with Gasteiger partial charge in [0.15, 0.2) is 0 Å². The third-order valence-corrected chi connectivity index (χ3v) is 4.67. The molecule has 1 atom stereocenters. The molecule has 1 aliphatic carbocycles. The fraction of sp³-hybridized carbons (Fsp3) is 0.238. The summed E-state index contributed by atoms with van der Waals surface area (Å²) in [6, 6.07) is 18.0. The molecule has 0 unspecified atom stereocenters. The van der Waals surface area contributed by atoms with Gasteiger partial charge in [-0.2, -0.15) is 0 Å². The average Bonchev–Trinajstić information content (AvgIpc) is 2.62. The highest BCUT2D eigenvalue weighted by Crippen LogP contribution is 2.32. The lowest BCUT2D eigenvalue weighted by atomic mass is 9.88. The summed E-state index contributed by atoms with van der Waals surface area (Å²) in [6.07, 6.45) is 3.42. The molecule has 0 spiro atoms. The molecule has 25 heavy (non-hydrogen) atoms. The molecule has 2 N–H and O–H groups in total. The molecule has 4 heteroatoms. The minimum atomic E-state index is 0.240. The predicted molar refractivity (Wildman–Crippen MR) is 99.6 cm³/mol. The Bertz CT molecular complexity index is 907. The van der Waals surface area contributed by atoms with Crippen LogP contribution in [-0.4, -0.2) is 15.1 Å². The standard InChI is InChI=1S/C21H21N3O/c1-14-22-20(16-8-4-9-17(25)12-16)13-21(23-14)24-19-11-5-7-15-6-2-3-10-18(15)19/h2-4,6,8-10,12-13,19,25H,5,7,11H2,1H3,(H,22,23,24)/t19-/m1/s1. The topological polar surface area (TPSA) is 58.0 Å². The molecule has 126 valence electrons. The summed E-state index contributed by atoms with van der Waals surface area (Å²) in [7, 11) is 0. The van der Waals surface area contributed by atoms with E-state index in [1.807, 2.05) is 25.1 Å². The Balaban J connectivity index is 1.66. The third-order valence-electron chi connectivity index (χ3n) is 4.67. The number of benzene rings is 2. The van der Waals surface area contributed by atoms with Gasteiger partial charge in [-0.1, -0.05) is 36.4 Å². The Kier molecular flexibility index (Phi) is 4.10. The molecule has 2 aromatic carbocycles. The molecule has 0 fully saturated rings. The van der Waals surface area contributed by atoms with Crippen LogP contribution in [0.1, 0.15) is 35.8 Å². The van der Waals surface area contributed by atoms with Crippen molar-refractivity contribution < 1.29 is 5.11 Å². The largest absolute Gasteiger partial charge is 0.508 e. The quantitative estimate of drug-likeness (QED) is 0.733. The summed E-state index contributed by atoms with van der Waals surface area (Å²) < 4.78 is 0. The van der Waals surface area contributed by atoms with Gasteiger partial charge in [-0.3, -0.25) is 0 Å². The first-order valence-electron chi connectivity index (χ1n) is 8.68. The second-order valence-corrected chi connectivity index (χ2v) is 6.52. The van der Waals surface area contributed by atoms with Crippen LogP contribution in [0, 0.1) is 6.92 Å². The van der Waals surface area contributed by atoms with Crippen molar-refractivity contribution in [2.24, 2.45) is 0 Å². The van der Waals surface area contributed by atoms with Crippen LogP contribution in [0.3, 0.4) is 0 Å². The molecular weight excluding hydrogens is 310 g/mol. The zero-order chi connectivity index (χ0) is 17.2. The van der Waals surface area contributed by atoms with Crippen molar-refractivity contribution in [2.75, 3.05) is 5.32 Å². The van der Waals surface area contributed by atoms with Gasteiger partial charge in [-0.05, 0) is 49.4 Å². The number of phenols is 1. The number of phenolic OH excluding ortho intramolecular Hbond substituents is 1. The molecule has 0 amide bonds. The molecule has 0 saturated carbocycles. The SMILES string of the molecule is Cc1nc(N[C@@H]2CCCc3ccccc32)cc(-c2cccc(O)c2)n1. The number of aromatic nitrogens is 2. The van der Waals surface area contributed by atoms with Crippen LogP contribution in [0.4, 0.5) is 5.82 Å². The second-order valence-electron chi connectivity index (χ2n) is 6.52. The maximum atomic E-state index is 9.72. The minimum absolute atomic E-state index is 0.240. The van der Waals surface area contributed by atoms with E-state index in [1.165, 1.54) is 17.5 Å². The Morgan fingerprint density at radius 2 is 1.92 bits per heavy atom. The lowest BCUT2D eigenvalue weighted by Crippen LogP contribution is -2.18. The van der Waals surface area contributed by atoms with Gasteiger partial charge in [0.25, 0.3) is 0 Å². The zero-order valence-electron chi connectivity index (χ0n) is 14.2. The van der Waals surface area contributed by atoms with Crippen molar-refractivity contribution in [3.63, 3.8) is 0 Å². The summed E-state index contributed by atoms with van der Waals surface area (Å²) in [5.74, 6) is 1.78. The van der Waals surface area contributed by atoms with Crippen molar-refractivity contribution >= 4 is 5.82 Å². The molecule has 4 rings (SSSR count). The van der Waals surface area contributed by atoms with Crippen molar-refractivity contribution in [3.05, 3.63) is 71.5 Å². The molecule has 3 aromatic rings. The normalized spacial score (nSPS) is 16.3. The number of aromatic hydroxyl groups is 1. The smallest absolute Gasteiger partial charge is 0.130 e. The highest BCUT2D eigenvalue weighted by molar-refractivity contribution is 5.64. The first-order chi connectivity index (χ1) is 12.2. The molecular formula is C21H21N3O. The fourth-order valence-electron chi connectivity index (χ4n) is 3.54. The van der Waals surface area contributed by atoms with Gasteiger partial charge in [0, 0.05) is 11.6 Å². The number of nitrogens with one attached hydrogen (secondary N) is 1. The Labute approximate surface area is 147 Å². The highest BCUT2D eigenvalue weighted by Gasteiger charge is 2.20. The van der Waals surface area contributed by atoms with E-state index in [2.05, 4.69) is 39.6 Å². The van der Waals surface area contributed by atoms with Crippen LogP contribution in [0.25, 0.3) is 11.3 Å². The number of hydrogen-bond donors (Lipinski definition) is 2. The number of hydrogen-bond acceptors (Lipinski definition) is 4. The van der Waals surface area contributed by atoms with E-state index in [0.29, 0.717) is 5.82 Å². The molecule has 1 heterocycles. The monoisotopic (exact) mass is 331 g/mol. The third kappa shape index (κ3) is 3.33. The maximum Gasteiger partial charge on any atom is 0.130 e. The van der Waals surface area contributed by atoms with Crippen LogP contribution >= 0.6 is 0 Å². The second kappa shape index (κ2) is 6.55. The van der Waals surface area contributed by atoms with Crippen molar-refractivity contribution in [2.45, 2.75) is 32.2 Å². The molecule has 0 bridgehead atoms. The Hall–Kier alpha value is -2.88. The molecule has 4 nitrogen and oxygen atoms in total. The minimum Gasteiger partial charge on any atom is -0.508 e. The van der Waals surface area contributed by atoms with Crippen LogP contribution in [0.5, 0.6) is 5.75 Å². The van der Waals surface area contributed by atoms with Crippen molar-refractivity contribution in [1.29, 1.82) is 0 Å². The number of rotatable bonds is 3. The van der Waals surface area contributed by atoms with Gasteiger partial charge in [0.1, 0.15) is 17.4 Å². The first-order valence-corrected chi connectivity index (χ1v) is 8.68. The maximum absolute atomic E-state index is 9.72. The van der Waals surface area contributed by atoms with Gasteiger partial charge >= 0.3 is 0 Å². The van der Waals surface area contributed by atoms with Gasteiger partial charge < -0.3 is 10.4 Å². The van der Waals surface area contributed by atoms with Gasteiger partial charge in [-0.25, -0.2) is 9.97 Å². The zero-order valence-corrected chi connectivity index (χ0v) is 14.2. The molecule has 1 aromatic heterocycles. The van der Waals surface area contributed by atoms with Crippen molar-refractivity contribution in [1.82, 2.24) is 9.97 Å². The summed E-state index contributed by atoms with van der Waals surface area (Å²) in [5.41, 5.74) is 4.49. The molecule has 0 aliphatic heterocycles. The van der Waals surface area contributed by atoms with E-state index < -0.39 is 0 Å². The molecule has 1 aliphatic rings. The summed E-state index contributed by atoms with van der Waals surface area (Å²) in [5, 5.41) is 13.3. The number of aryl methyl sites for hydroxylation is 2. The summed E-state index contributed by atoms with van der Waals surface area (Å²) in [4.78, 5) is 9.08. The lowest BCUT2D eigenvalue weighted by Gasteiger charge is -2.27. The predicted octanol–water partition coefficient (Wildman–Crippen LogP) is 4.65. The number of nitrogens with zero attached hydrogens (tertiary/aromatic N) is 2. The molecule has 0 radical (unpaired) electrons. The van der Waals surface area contributed by atoms with Crippen LogP contribution in [0.2, 0.25) is 0 Å². The van der Waals surface area contributed by atoms with Gasteiger partial charge in [-0.15, -0.1) is 0 Å². The molecule has 0 saturated heterocycles. The lowest BCUT2D eigenvalue weighted by molar-refractivity contribution is 0.475. The Morgan fingerprint density at radius 3 is 2.80 bits per heavy atom. The van der Waals surface area contributed by atoms with E-state index in [4.69, 9.17) is 0 Å². The average molecular weight is 331 g/mol. The number of anilines is 1. The Morgan fingerprint density at radius 1 is 1.04 bits per heavy atom. The summed E-state index contributed by atoms with van der Waals surface area (Å²) >= 11 is 0. The van der Waals surface area contributed by atoms with Crippen molar-refractivity contribution in [3.8, 4) is 17.0 Å². The van der Waals surface area contributed by atoms with E-state index in [9.17, 15) is 5.11 Å². The van der Waals surface area contributed by atoms with Crippen LogP contribution in [0.15, 0.2) is 54.6 Å². The van der Waals surface area contributed by atoms with E-state index >= 15 is 0 Å². The van der Waals surface area contributed by atoms with E-state index in [-0.39, 0.29) is 11.8 Å². The van der Waals surface area contributed by atoms with E-state index in [1.54, 1.807) is 12.1 Å². The fourth-order valence-corrected chi connectivity index (χ4v) is 3.54. The van der Waals surface area contributed by atoms with Gasteiger partial charge in [0.2, 0.25) is 0 Å². The first kappa shape index (κ1) is 15.6. The summed E-state index contributed by atoms with van der Waals surface area (Å²) in [6.45, 7) is 1.90. The van der Waals surface area contributed by atoms with Gasteiger partial charge in [0.05, 0.1) is 11.7 Å². The van der Waals surface area contributed by atoms with Crippen LogP contribution in [-0.2, 0) is 6.42 Å². The number of fused-ring (bicyclic) bond motifs is 1. The highest BCUT2D eigenvalue weighted by atomic mass is 16.3. The van der Waals surface area contributed by atoms with E-state index in [0.717, 1.165) is 29.9 Å².